The predicted octanol–water partition coefficient (Wildman–Crippen LogP) is 2.52. The van der Waals surface area contributed by atoms with Gasteiger partial charge in [0.05, 0.1) is 4.92 Å². The van der Waals surface area contributed by atoms with Crippen molar-refractivity contribution in [1.82, 2.24) is 0 Å². The zero-order chi connectivity index (χ0) is 16.2. The summed E-state index contributed by atoms with van der Waals surface area (Å²) in [6.07, 6.45) is -1.18. The van der Waals surface area contributed by atoms with E-state index in [-0.39, 0.29) is 17.8 Å². The van der Waals surface area contributed by atoms with E-state index in [0.717, 1.165) is 17.0 Å². The van der Waals surface area contributed by atoms with E-state index in [9.17, 15) is 30.1 Å². The molecule has 0 aliphatic carbocycles. The quantitative estimate of drug-likeness (QED) is 0.634. The number of hydrogen-bond donors (Lipinski definition) is 1. The van der Waals surface area contributed by atoms with E-state index in [0.29, 0.717) is 0 Å². The van der Waals surface area contributed by atoms with Crippen molar-refractivity contribution >= 4 is 17.5 Å². The monoisotopic (exact) mass is 297 g/mol. The number of anilines is 1. The second-order valence-electron chi connectivity index (χ2n) is 4.43. The number of nitro groups is 2. The van der Waals surface area contributed by atoms with Gasteiger partial charge in [0.15, 0.2) is 0 Å². The Morgan fingerprint density at radius 1 is 1.29 bits per heavy atom. The highest BCUT2D eigenvalue weighted by molar-refractivity contribution is 5.87. The van der Waals surface area contributed by atoms with Crippen LogP contribution in [0.1, 0.15) is 20.3 Å². The van der Waals surface area contributed by atoms with Crippen LogP contribution in [0.2, 0.25) is 0 Å². The molecule has 0 heterocycles. The lowest BCUT2D eigenvalue weighted by Crippen LogP contribution is -2.47. The molecule has 114 valence electrons. The van der Waals surface area contributed by atoms with Crippen molar-refractivity contribution in [2.75, 3.05) is 4.90 Å². The lowest BCUT2D eigenvalue weighted by Gasteiger charge is -2.27. The molecular formula is C12H15N3O6. The second-order valence-corrected chi connectivity index (χ2v) is 4.43. The third-order valence-electron chi connectivity index (χ3n) is 3.20. The Morgan fingerprint density at radius 2 is 1.81 bits per heavy atom. The number of nitrogens with zero attached hydrogens (tertiary/aromatic N) is 3. The Bertz CT molecular complexity index is 544. The van der Waals surface area contributed by atoms with Crippen molar-refractivity contribution < 1.29 is 19.7 Å². The number of carbonyl (C=O) groups is 1. The number of rotatable bonds is 6. The fraction of sp³-hybridized carbons (Fsp3) is 0.417. The van der Waals surface area contributed by atoms with Gasteiger partial charge in [-0.2, -0.15) is 0 Å². The molecule has 1 aromatic rings. The summed E-state index contributed by atoms with van der Waals surface area (Å²) >= 11 is 0. The van der Waals surface area contributed by atoms with Gasteiger partial charge in [0, 0.05) is 29.2 Å². The Kier molecular flexibility index (Phi) is 5.17. The molecule has 0 aliphatic rings. The molecule has 1 aromatic carbocycles. The molecule has 0 radical (unpaired) electrons. The molecule has 0 saturated carbocycles. The molecule has 1 N–H and O–H groups in total. The molecule has 0 aliphatic heterocycles. The first kappa shape index (κ1) is 16.3. The molecule has 0 bridgehead atoms. The second kappa shape index (κ2) is 6.64. The largest absolute Gasteiger partial charge is 0.465 e. The summed E-state index contributed by atoms with van der Waals surface area (Å²) in [6.45, 7) is 3.03. The van der Waals surface area contributed by atoms with Gasteiger partial charge in [-0.15, -0.1) is 0 Å². The minimum Gasteiger partial charge on any atom is -0.465 e. The Labute approximate surface area is 120 Å². The highest BCUT2D eigenvalue weighted by Gasteiger charge is 2.34. The zero-order valence-electron chi connectivity index (χ0n) is 11.5. The van der Waals surface area contributed by atoms with Gasteiger partial charge in [-0.3, -0.25) is 25.1 Å². The van der Waals surface area contributed by atoms with Crippen LogP contribution in [-0.4, -0.2) is 33.1 Å². The van der Waals surface area contributed by atoms with Gasteiger partial charge in [-0.05, 0) is 19.1 Å². The first-order chi connectivity index (χ1) is 9.79. The fourth-order valence-corrected chi connectivity index (χ4v) is 2.09. The smallest absolute Gasteiger partial charge is 0.412 e. The number of benzene rings is 1. The van der Waals surface area contributed by atoms with Crippen molar-refractivity contribution in [2.24, 2.45) is 0 Å². The molecule has 2 unspecified atom stereocenters. The number of nitro benzene ring substituents is 1. The number of amides is 1. The van der Waals surface area contributed by atoms with Crippen LogP contribution in [0.15, 0.2) is 24.3 Å². The van der Waals surface area contributed by atoms with Crippen molar-refractivity contribution in [3.8, 4) is 0 Å². The average molecular weight is 297 g/mol. The van der Waals surface area contributed by atoms with E-state index in [1.807, 2.05) is 0 Å². The molecule has 9 nitrogen and oxygen atoms in total. The van der Waals surface area contributed by atoms with Gasteiger partial charge >= 0.3 is 6.09 Å². The number of hydrogen-bond acceptors (Lipinski definition) is 5. The molecule has 21 heavy (non-hydrogen) atoms. The number of non-ortho nitro benzene ring substituents is 1. The van der Waals surface area contributed by atoms with Crippen molar-refractivity contribution in [3.05, 3.63) is 44.5 Å². The molecule has 0 fully saturated rings. The lowest BCUT2D eigenvalue weighted by molar-refractivity contribution is -0.525. The maximum atomic E-state index is 11.4. The average Bonchev–Trinajstić information content (AvgIpc) is 2.39. The van der Waals surface area contributed by atoms with Crippen LogP contribution < -0.4 is 4.90 Å². The summed E-state index contributed by atoms with van der Waals surface area (Å²) in [7, 11) is 0. The lowest BCUT2D eigenvalue weighted by atomic mass is 10.1. The van der Waals surface area contributed by atoms with E-state index >= 15 is 0 Å². The maximum Gasteiger partial charge on any atom is 0.412 e. The van der Waals surface area contributed by atoms with E-state index in [2.05, 4.69) is 0 Å². The SMILES string of the molecule is CCC(C(C)N(C(=O)O)c1ccc([N+](=O)[O-])cc1)[N+](=O)[O-]. The van der Waals surface area contributed by atoms with Crippen LogP contribution in [0.4, 0.5) is 16.2 Å². The van der Waals surface area contributed by atoms with Gasteiger partial charge in [-0.25, -0.2) is 4.79 Å². The third kappa shape index (κ3) is 3.65. The Morgan fingerprint density at radius 3 is 2.14 bits per heavy atom. The molecular weight excluding hydrogens is 282 g/mol. The molecule has 9 heteroatoms. The highest BCUT2D eigenvalue weighted by Crippen LogP contribution is 2.23. The van der Waals surface area contributed by atoms with Gasteiger partial charge < -0.3 is 5.11 Å². The number of carboxylic acid groups (broad SMARTS) is 1. The molecule has 0 spiro atoms. The highest BCUT2D eigenvalue weighted by atomic mass is 16.6. The van der Waals surface area contributed by atoms with E-state index in [1.54, 1.807) is 6.92 Å². The maximum absolute atomic E-state index is 11.4. The summed E-state index contributed by atoms with van der Waals surface area (Å²) < 4.78 is 0. The van der Waals surface area contributed by atoms with Gasteiger partial charge in [0.1, 0.15) is 6.04 Å². The van der Waals surface area contributed by atoms with E-state index < -0.39 is 28.0 Å². The fourth-order valence-electron chi connectivity index (χ4n) is 2.09. The van der Waals surface area contributed by atoms with Crippen LogP contribution in [0.3, 0.4) is 0 Å². The standard InChI is InChI=1S/C12H15N3O6/c1-3-11(15(20)21)8(2)13(12(16)17)9-4-6-10(7-5-9)14(18)19/h4-8,11H,3H2,1-2H3,(H,16,17). The Hall–Kier alpha value is -2.71. The molecule has 1 amide bonds. The van der Waals surface area contributed by atoms with Crippen LogP contribution in [-0.2, 0) is 0 Å². The minimum absolute atomic E-state index is 0.154. The van der Waals surface area contributed by atoms with E-state index in [4.69, 9.17) is 0 Å². The molecule has 0 aromatic heterocycles. The third-order valence-corrected chi connectivity index (χ3v) is 3.20. The minimum atomic E-state index is -1.35. The normalized spacial score (nSPS) is 13.2. The van der Waals surface area contributed by atoms with Crippen molar-refractivity contribution in [2.45, 2.75) is 32.4 Å². The topological polar surface area (TPSA) is 127 Å². The molecule has 0 saturated heterocycles. The van der Waals surface area contributed by atoms with Gasteiger partial charge in [0.2, 0.25) is 6.04 Å². The summed E-state index contributed by atoms with van der Waals surface area (Å²) in [4.78, 5) is 32.6. The van der Waals surface area contributed by atoms with Crippen molar-refractivity contribution in [3.63, 3.8) is 0 Å². The summed E-state index contributed by atoms with van der Waals surface area (Å²) in [5.41, 5.74) is -0.0287. The van der Waals surface area contributed by atoms with E-state index in [1.165, 1.54) is 19.1 Å². The first-order valence-corrected chi connectivity index (χ1v) is 6.19. The van der Waals surface area contributed by atoms with Gasteiger partial charge in [-0.1, -0.05) is 6.92 Å². The van der Waals surface area contributed by atoms with Crippen molar-refractivity contribution in [1.29, 1.82) is 0 Å². The van der Waals surface area contributed by atoms with Crippen LogP contribution in [0.5, 0.6) is 0 Å². The summed E-state index contributed by atoms with van der Waals surface area (Å²) in [5, 5.41) is 30.8. The van der Waals surface area contributed by atoms with Crippen LogP contribution in [0, 0.1) is 20.2 Å². The van der Waals surface area contributed by atoms with Crippen LogP contribution >= 0.6 is 0 Å². The molecule has 2 atom stereocenters. The predicted molar refractivity (Wildman–Crippen MR) is 74.1 cm³/mol. The summed E-state index contributed by atoms with van der Waals surface area (Å²) in [6, 6.07) is 2.88. The summed E-state index contributed by atoms with van der Waals surface area (Å²) in [5.74, 6) is 0. The first-order valence-electron chi connectivity index (χ1n) is 6.19. The van der Waals surface area contributed by atoms with Gasteiger partial charge in [0.25, 0.3) is 5.69 Å². The molecule has 1 rings (SSSR count). The Balaban J connectivity index is 3.14. The van der Waals surface area contributed by atoms with Crippen LogP contribution in [0.25, 0.3) is 0 Å². The zero-order valence-corrected chi connectivity index (χ0v) is 11.5.